The molecule has 318 valence electrons. The van der Waals surface area contributed by atoms with Crippen LogP contribution in [0.2, 0.25) is 0 Å². The molecule has 13 nitrogen and oxygen atoms in total. The number of aliphatic carboxylic acids is 1. The summed E-state index contributed by atoms with van der Waals surface area (Å²) in [4.78, 5) is 49.4. The zero-order valence-corrected chi connectivity index (χ0v) is 35.1. The molecule has 1 amide bonds. The molecule has 3 aliphatic rings. The van der Waals surface area contributed by atoms with Gasteiger partial charge in [-0.25, -0.2) is 9.37 Å². The quantitative estimate of drug-likeness (QED) is 0.0897. The van der Waals surface area contributed by atoms with Crippen molar-refractivity contribution in [2.45, 2.75) is 84.8 Å². The van der Waals surface area contributed by atoms with Gasteiger partial charge in [-0.2, -0.15) is 0 Å². The molecule has 4 aromatic rings. The minimum atomic E-state index is -0.925. The molecule has 4 N–H and O–H groups in total. The van der Waals surface area contributed by atoms with Crippen LogP contribution in [0.3, 0.4) is 0 Å². The third-order valence-corrected chi connectivity index (χ3v) is 13.2. The van der Waals surface area contributed by atoms with Crippen LogP contribution in [0.4, 0.5) is 10.1 Å². The van der Waals surface area contributed by atoms with Crippen molar-refractivity contribution in [2.24, 2.45) is 17.9 Å². The number of hydrogen-bond acceptors (Lipinski definition) is 10. The lowest BCUT2D eigenvalue weighted by Gasteiger charge is -2.32. The van der Waals surface area contributed by atoms with Crippen molar-refractivity contribution >= 4 is 35.4 Å². The number of aromatic nitrogens is 3. The summed E-state index contributed by atoms with van der Waals surface area (Å²) < 4.78 is 28.3. The van der Waals surface area contributed by atoms with Gasteiger partial charge in [-0.3, -0.25) is 29.6 Å². The Morgan fingerprint density at radius 2 is 1.80 bits per heavy atom. The first kappa shape index (κ1) is 42.7. The summed E-state index contributed by atoms with van der Waals surface area (Å²) in [6.45, 7) is 7.86. The second kappa shape index (κ2) is 17.6. The van der Waals surface area contributed by atoms with Crippen LogP contribution >= 0.6 is 0 Å². The third-order valence-electron chi connectivity index (χ3n) is 13.2. The van der Waals surface area contributed by atoms with Crippen LogP contribution in [-0.4, -0.2) is 86.9 Å². The van der Waals surface area contributed by atoms with Gasteiger partial charge in [-0.15, -0.1) is 0 Å². The maximum Gasteiger partial charge on any atom is 0.325 e. The number of fused-ring (bicyclic) bond motifs is 3. The van der Waals surface area contributed by atoms with Gasteiger partial charge < -0.3 is 29.6 Å². The highest BCUT2D eigenvalue weighted by atomic mass is 19.1. The highest BCUT2D eigenvalue weighted by molar-refractivity contribution is 6.03. The van der Waals surface area contributed by atoms with Gasteiger partial charge in [-0.1, -0.05) is 30.3 Å². The van der Waals surface area contributed by atoms with Gasteiger partial charge in [0.2, 0.25) is 0 Å². The molecule has 0 saturated heterocycles. The smallest absolute Gasteiger partial charge is 0.325 e. The van der Waals surface area contributed by atoms with Crippen LogP contribution in [0, 0.1) is 24.7 Å². The van der Waals surface area contributed by atoms with Crippen LogP contribution in [-0.2, 0) is 40.9 Å². The number of carboxylic acid groups (broad SMARTS) is 1. The fourth-order valence-corrected chi connectivity index (χ4v) is 9.50. The molecule has 7 rings (SSSR count). The van der Waals surface area contributed by atoms with Crippen molar-refractivity contribution in [1.82, 2.24) is 24.8 Å². The number of amides is 1. The molecule has 2 fully saturated rings. The fraction of sp³-hybridized carbons (Fsp3) is 0.457. The number of carboxylic acids is 1. The number of carbonyl (C=O) groups excluding carboxylic acids is 2. The normalized spacial score (nSPS) is 20.5. The number of nitrogens with zero attached hydrogens (tertiary/aromatic N) is 4. The summed E-state index contributed by atoms with van der Waals surface area (Å²) in [5, 5.41) is 25.5. The van der Waals surface area contributed by atoms with Crippen molar-refractivity contribution in [3.63, 3.8) is 0 Å². The van der Waals surface area contributed by atoms with Gasteiger partial charge >= 0.3 is 11.9 Å². The van der Waals surface area contributed by atoms with Crippen molar-refractivity contribution in [3.05, 3.63) is 93.8 Å². The highest BCUT2D eigenvalue weighted by Crippen LogP contribution is 2.63. The van der Waals surface area contributed by atoms with Crippen molar-refractivity contribution in [1.29, 1.82) is 0 Å². The first-order valence-electron chi connectivity index (χ1n) is 20.7. The predicted octanol–water partition coefficient (Wildman–Crippen LogP) is 6.62. The standard InChI is InChI=1S/C46H55FN6O7/c1-6-60-43(56)38(26-54)49-24-31-23-48-36(22-40(31)59-5)34(47)21-30-9-7-10-32(28(30)2)33-11-8-12-35(29(33)3)51-42(55)41-50-37-25-53(19-13-39(37)52(41)4)20-18-45-14-16-46(27-45,17-15-45)44(57)58/h7-12,21-23,38,49,54H,6,13-20,24-27H2,1-5H3,(H,51,55)(H,57,58)/b34-21-. The number of anilines is 1. The Morgan fingerprint density at radius 1 is 1.07 bits per heavy atom. The first-order chi connectivity index (χ1) is 28.8. The summed E-state index contributed by atoms with van der Waals surface area (Å²) >= 11 is 0. The number of methoxy groups -OCH3 is 1. The summed E-state index contributed by atoms with van der Waals surface area (Å²) in [5.74, 6) is -1.36. The van der Waals surface area contributed by atoms with Gasteiger partial charge in [0, 0.05) is 62.3 Å². The zero-order chi connectivity index (χ0) is 42.8. The van der Waals surface area contributed by atoms with Gasteiger partial charge in [0.25, 0.3) is 5.91 Å². The second-order valence-electron chi connectivity index (χ2n) is 16.6. The fourth-order valence-electron chi connectivity index (χ4n) is 9.50. The Balaban J connectivity index is 1.02. The number of imidazole rings is 1. The maximum atomic E-state index is 15.9. The first-order valence-corrected chi connectivity index (χ1v) is 20.7. The van der Waals surface area contributed by atoms with Crippen LogP contribution in [0.1, 0.15) is 95.4 Å². The average Bonchev–Trinajstić information content (AvgIpc) is 3.93. The Morgan fingerprint density at radius 3 is 2.48 bits per heavy atom. The molecule has 0 spiro atoms. The van der Waals surface area contributed by atoms with E-state index in [1.807, 2.05) is 61.9 Å². The Labute approximate surface area is 350 Å². The minimum Gasteiger partial charge on any atom is -0.496 e. The highest BCUT2D eigenvalue weighted by Gasteiger charge is 2.57. The molecule has 60 heavy (non-hydrogen) atoms. The van der Waals surface area contributed by atoms with Gasteiger partial charge in [0.05, 0.1) is 31.4 Å². The Hall–Kier alpha value is -5.44. The molecular formula is C46H55FN6O7. The van der Waals surface area contributed by atoms with Crippen molar-refractivity contribution in [2.75, 3.05) is 38.7 Å². The van der Waals surface area contributed by atoms with E-state index in [1.165, 1.54) is 25.4 Å². The molecule has 2 aliphatic carbocycles. The second-order valence-corrected chi connectivity index (χ2v) is 16.6. The summed E-state index contributed by atoms with van der Waals surface area (Å²) in [7, 11) is 3.35. The number of nitrogens with one attached hydrogen (secondary N) is 2. The lowest BCUT2D eigenvalue weighted by Crippen LogP contribution is -2.40. The predicted molar refractivity (Wildman–Crippen MR) is 226 cm³/mol. The molecule has 1 unspecified atom stereocenters. The number of esters is 1. The molecule has 3 heterocycles. The van der Waals surface area contributed by atoms with Crippen molar-refractivity contribution < 1.29 is 38.5 Å². The topological polar surface area (TPSA) is 168 Å². The van der Waals surface area contributed by atoms with Crippen molar-refractivity contribution in [3.8, 4) is 16.9 Å². The van der Waals surface area contributed by atoms with Crippen LogP contribution in [0.5, 0.6) is 5.75 Å². The molecular weight excluding hydrogens is 768 g/mol. The number of pyridine rings is 1. The number of ether oxygens (including phenoxy) is 2. The van der Waals surface area contributed by atoms with Gasteiger partial charge in [0.15, 0.2) is 5.82 Å². The third kappa shape index (κ3) is 8.45. The van der Waals surface area contributed by atoms with E-state index in [0.29, 0.717) is 34.9 Å². The van der Waals surface area contributed by atoms with E-state index in [9.17, 15) is 24.6 Å². The minimum absolute atomic E-state index is 0.0696. The maximum absolute atomic E-state index is 15.9. The number of aliphatic hydroxyl groups is 1. The molecule has 2 bridgehead atoms. The molecule has 14 heteroatoms. The lowest BCUT2D eigenvalue weighted by molar-refractivity contribution is -0.148. The number of benzene rings is 2. The molecule has 2 aromatic carbocycles. The van der Waals surface area contributed by atoms with E-state index in [-0.39, 0.29) is 30.2 Å². The van der Waals surface area contributed by atoms with Crippen LogP contribution < -0.4 is 15.4 Å². The number of carbonyl (C=O) groups is 3. The lowest BCUT2D eigenvalue weighted by atomic mass is 9.80. The molecule has 1 atom stereocenters. The average molecular weight is 823 g/mol. The van der Waals surface area contributed by atoms with Crippen LogP contribution in [0.15, 0.2) is 48.7 Å². The number of rotatable bonds is 16. The van der Waals surface area contributed by atoms with E-state index in [4.69, 9.17) is 14.5 Å². The monoisotopic (exact) mass is 822 g/mol. The Bertz CT molecular complexity index is 2310. The zero-order valence-electron chi connectivity index (χ0n) is 35.1. The van der Waals surface area contributed by atoms with E-state index in [1.54, 1.807) is 6.92 Å². The van der Waals surface area contributed by atoms with E-state index < -0.39 is 35.8 Å². The van der Waals surface area contributed by atoms with E-state index in [0.717, 1.165) is 91.7 Å². The van der Waals surface area contributed by atoms with Gasteiger partial charge in [0.1, 0.15) is 23.3 Å². The molecule has 2 aromatic heterocycles. The van der Waals surface area contributed by atoms with E-state index >= 15 is 4.39 Å². The van der Waals surface area contributed by atoms with Gasteiger partial charge in [-0.05, 0) is 111 Å². The number of aliphatic hydroxyl groups excluding tert-OH is 1. The number of halogens is 1. The Kier molecular flexibility index (Phi) is 12.6. The number of hydrogen-bond donors (Lipinski definition) is 4. The van der Waals surface area contributed by atoms with E-state index in [2.05, 4.69) is 20.5 Å². The largest absolute Gasteiger partial charge is 0.496 e. The molecule has 1 aliphatic heterocycles. The molecule has 2 saturated carbocycles. The summed E-state index contributed by atoms with van der Waals surface area (Å²) in [6, 6.07) is 12.0. The van der Waals surface area contributed by atoms with Crippen LogP contribution in [0.25, 0.3) is 23.0 Å². The SMILES string of the molecule is CCOC(=O)C(CO)NCc1cnc(/C(F)=C/c2cccc(-c3cccc(NC(=O)c4nc5c(n4C)CCN(CCC46CCC(C(=O)O)(CC4)C6)C5)c3C)c2C)cc1OC. The molecule has 0 radical (unpaired) electrons. The summed E-state index contributed by atoms with van der Waals surface area (Å²) in [6.07, 6.45) is 9.04. The summed E-state index contributed by atoms with van der Waals surface area (Å²) in [5.41, 5.74) is 6.99.